The first-order chi connectivity index (χ1) is 12.9. The van der Waals surface area contributed by atoms with Crippen LogP contribution in [-0.4, -0.2) is 29.5 Å². The Hall–Kier alpha value is -2.83. The van der Waals surface area contributed by atoms with Crippen molar-refractivity contribution in [3.05, 3.63) is 40.2 Å². The maximum atomic E-state index is 13.2. The van der Waals surface area contributed by atoms with Gasteiger partial charge in [-0.25, -0.2) is 9.59 Å². The summed E-state index contributed by atoms with van der Waals surface area (Å²) < 4.78 is 10.4. The maximum Gasteiger partial charge on any atom is 0.336 e. The van der Waals surface area contributed by atoms with Crippen molar-refractivity contribution in [2.75, 3.05) is 7.11 Å². The van der Waals surface area contributed by atoms with Gasteiger partial charge in [-0.2, -0.15) is 0 Å². The summed E-state index contributed by atoms with van der Waals surface area (Å²) in [5.74, 6) is 0.455. The fraction of sp³-hybridized carbons (Fsp3) is 0.450. The quantitative estimate of drug-likeness (QED) is 0.663. The summed E-state index contributed by atoms with van der Waals surface area (Å²) in [6.45, 7) is 2.05. The lowest BCUT2D eigenvalue weighted by Crippen LogP contribution is -2.53. The molecule has 1 spiro atoms. The largest absolute Gasteiger partial charge is 0.497 e. The molecule has 0 bridgehead atoms. The molecule has 1 aromatic heterocycles. The second-order valence-corrected chi connectivity index (χ2v) is 7.39. The Kier molecular flexibility index (Phi) is 4.17. The number of carbonyl (C=O) groups is 2. The lowest BCUT2D eigenvalue weighted by atomic mass is 9.73. The van der Waals surface area contributed by atoms with Crippen LogP contribution in [0, 0.1) is 5.92 Å². The number of urea groups is 1. The van der Waals surface area contributed by atoms with Crippen LogP contribution in [0.3, 0.4) is 0 Å². The van der Waals surface area contributed by atoms with Gasteiger partial charge < -0.3 is 14.5 Å². The number of hydrogen-bond donors (Lipinski definition) is 1. The maximum absolute atomic E-state index is 13.2. The van der Waals surface area contributed by atoms with Crippen molar-refractivity contribution in [3.8, 4) is 5.75 Å². The number of carbonyl (C=O) groups excluding carboxylic acids is 2. The van der Waals surface area contributed by atoms with Gasteiger partial charge in [-0.05, 0) is 36.5 Å². The minimum absolute atomic E-state index is 0.0353. The molecule has 27 heavy (non-hydrogen) atoms. The summed E-state index contributed by atoms with van der Waals surface area (Å²) in [6, 6.07) is 6.08. The van der Waals surface area contributed by atoms with Gasteiger partial charge in [0.05, 0.1) is 13.7 Å². The van der Waals surface area contributed by atoms with Crippen LogP contribution >= 0.6 is 0 Å². The second-order valence-electron chi connectivity index (χ2n) is 7.39. The van der Waals surface area contributed by atoms with E-state index in [1.165, 1.54) is 18.1 Å². The zero-order chi connectivity index (χ0) is 19.2. The molecule has 1 N–H and O–H groups in total. The van der Waals surface area contributed by atoms with E-state index in [9.17, 15) is 14.4 Å². The minimum atomic E-state index is -0.812. The number of benzene rings is 1. The molecular weight excluding hydrogens is 348 g/mol. The van der Waals surface area contributed by atoms with E-state index in [-0.39, 0.29) is 18.4 Å². The molecule has 1 saturated carbocycles. The van der Waals surface area contributed by atoms with Crippen molar-refractivity contribution in [2.45, 2.75) is 44.7 Å². The number of imide groups is 1. The predicted octanol–water partition coefficient (Wildman–Crippen LogP) is 2.80. The summed E-state index contributed by atoms with van der Waals surface area (Å²) in [5, 5.41) is 3.61. The lowest BCUT2D eigenvalue weighted by molar-refractivity contribution is -0.134. The van der Waals surface area contributed by atoms with Crippen molar-refractivity contribution in [1.82, 2.24) is 10.2 Å². The summed E-state index contributed by atoms with van der Waals surface area (Å²) >= 11 is 0. The van der Waals surface area contributed by atoms with Crippen LogP contribution in [-0.2, 0) is 11.3 Å². The smallest absolute Gasteiger partial charge is 0.336 e. The summed E-state index contributed by atoms with van der Waals surface area (Å²) in [7, 11) is 1.53. The molecule has 2 fully saturated rings. The van der Waals surface area contributed by atoms with Crippen LogP contribution in [0.15, 0.2) is 33.5 Å². The van der Waals surface area contributed by atoms with Gasteiger partial charge in [0, 0.05) is 17.5 Å². The summed E-state index contributed by atoms with van der Waals surface area (Å²) in [6.07, 6.45) is 3.56. The highest BCUT2D eigenvalue weighted by Gasteiger charge is 2.54. The molecule has 0 unspecified atom stereocenters. The van der Waals surface area contributed by atoms with E-state index in [1.807, 2.05) is 6.92 Å². The van der Waals surface area contributed by atoms with Crippen LogP contribution in [0.4, 0.5) is 4.79 Å². The molecular formula is C20H22N2O5. The van der Waals surface area contributed by atoms with Crippen molar-refractivity contribution >= 4 is 22.9 Å². The average molecular weight is 370 g/mol. The van der Waals surface area contributed by atoms with Gasteiger partial charge in [0.2, 0.25) is 0 Å². The van der Waals surface area contributed by atoms with Crippen molar-refractivity contribution in [1.29, 1.82) is 0 Å². The van der Waals surface area contributed by atoms with E-state index in [2.05, 4.69) is 5.32 Å². The SMILES string of the molecule is COc1ccc2c(CN3C(=O)N[C@]4(CCCC[C@@H]4C)C3=O)cc(=O)oc2c1. The van der Waals surface area contributed by atoms with Crippen LogP contribution in [0.2, 0.25) is 0 Å². The summed E-state index contributed by atoms with van der Waals surface area (Å²) in [4.78, 5) is 39.0. The van der Waals surface area contributed by atoms with Gasteiger partial charge in [0.15, 0.2) is 0 Å². The van der Waals surface area contributed by atoms with Crippen molar-refractivity contribution < 1.29 is 18.7 Å². The highest BCUT2D eigenvalue weighted by molar-refractivity contribution is 6.07. The Morgan fingerprint density at radius 2 is 2.07 bits per heavy atom. The van der Waals surface area contributed by atoms with E-state index >= 15 is 0 Å². The van der Waals surface area contributed by atoms with E-state index in [0.29, 0.717) is 28.7 Å². The van der Waals surface area contributed by atoms with Crippen LogP contribution < -0.4 is 15.7 Å². The Labute approximate surface area is 156 Å². The molecule has 4 rings (SSSR count). The molecule has 142 valence electrons. The normalized spacial score (nSPS) is 25.3. The van der Waals surface area contributed by atoms with Gasteiger partial charge in [-0.1, -0.05) is 19.8 Å². The highest BCUT2D eigenvalue weighted by atomic mass is 16.5. The van der Waals surface area contributed by atoms with E-state index < -0.39 is 17.2 Å². The summed E-state index contributed by atoms with van der Waals surface area (Å²) in [5.41, 5.74) is -0.399. The molecule has 0 radical (unpaired) electrons. The number of fused-ring (bicyclic) bond motifs is 1. The van der Waals surface area contributed by atoms with Gasteiger partial charge in [-0.15, -0.1) is 0 Å². The Bertz CT molecular complexity index is 982. The zero-order valence-corrected chi connectivity index (χ0v) is 15.4. The van der Waals surface area contributed by atoms with Gasteiger partial charge >= 0.3 is 11.7 Å². The molecule has 1 aliphatic heterocycles. The number of amides is 3. The Balaban J connectivity index is 1.71. The molecule has 7 nitrogen and oxygen atoms in total. The standard InChI is InChI=1S/C20H22N2O5/c1-12-5-3-4-8-20(12)18(24)22(19(25)21-20)11-13-9-17(23)27-16-10-14(26-2)6-7-15(13)16/h6-7,9-10,12H,3-5,8,11H2,1-2H3,(H,21,25)/t12-,20-/m0/s1. The third-order valence-electron chi connectivity index (χ3n) is 5.87. The number of rotatable bonds is 3. The first kappa shape index (κ1) is 17.6. The molecule has 2 aromatic rings. The molecule has 3 amide bonds. The molecule has 2 atom stereocenters. The average Bonchev–Trinajstić information content (AvgIpc) is 2.88. The third kappa shape index (κ3) is 2.78. The fourth-order valence-electron chi connectivity index (χ4n) is 4.28. The predicted molar refractivity (Wildman–Crippen MR) is 98.5 cm³/mol. The van der Waals surface area contributed by atoms with Gasteiger partial charge in [-0.3, -0.25) is 9.69 Å². The van der Waals surface area contributed by atoms with E-state index in [1.54, 1.807) is 18.2 Å². The van der Waals surface area contributed by atoms with E-state index in [0.717, 1.165) is 19.3 Å². The lowest BCUT2D eigenvalue weighted by Gasteiger charge is -2.36. The zero-order valence-electron chi connectivity index (χ0n) is 15.4. The highest BCUT2D eigenvalue weighted by Crippen LogP contribution is 2.38. The second kappa shape index (κ2) is 6.40. The molecule has 2 heterocycles. The topological polar surface area (TPSA) is 88.9 Å². The monoisotopic (exact) mass is 370 g/mol. The van der Waals surface area contributed by atoms with E-state index in [4.69, 9.17) is 9.15 Å². The third-order valence-corrected chi connectivity index (χ3v) is 5.87. The number of hydrogen-bond acceptors (Lipinski definition) is 5. The first-order valence-electron chi connectivity index (χ1n) is 9.19. The minimum Gasteiger partial charge on any atom is -0.497 e. The number of methoxy groups -OCH3 is 1. The number of nitrogens with zero attached hydrogens (tertiary/aromatic N) is 1. The van der Waals surface area contributed by atoms with Crippen molar-refractivity contribution in [2.24, 2.45) is 5.92 Å². The number of ether oxygens (including phenoxy) is 1. The first-order valence-corrected chi connectivity index (χ1v) is 9.19. The van der Waals surface area contributed by atoms with Gasteiger partial charge in [0.25, 0.3) is 5.91 Å². The number of nitrogens with one attached hydrogen (secondary N) is 1. The molecule has 7 heteroatoms. The molecule has 1 aromatic carbocycles. The van der Waals surface area contributed by atoms with Crippen LogP contribution in [0.5, 0.6) is 5.75 Å². The molecule has 1 aliphatic carbocycles. The van der Waals surface area contributed by atoms with Gasteiger partial charge in [0.1, 0.15) is 16.9 Å². The molecule has 1 saturated heterocycles. The van der Waals surface area contributed by atoms with Crippen LogP contribution in [0.25, 0.3) is 11.0 Å². The molecule has 2 aliphatic rings. The Morgan fingerprint density at radius 1 is 1.26 bits per heavy atom. The Morgan fingerprint density at radius 3 is 2.81 bits per heavy atom. The van der Waals surface area contributed by atoms with Crippen molar-refractivity contribution in [3.63, 3.8) is 0 Å². The van der Waals surface area contributed by atoms with Crippen LogP contribution in [0.1, 0.15) is 38.2 Å². The fourth-order valence-corrected chi connectivity index (χ4v) is 4.28.